The molecule has 1 N–H and O–H groups in total. The lowest BCUT2D eigenvalue weighted by atomic mass is 10.3. The molecule has 0 aromatic heterocycles. The SMILES string of the molecule is CCC(O)C1OC(=O)C(=O)O1. The summed E-state index contributed by atoms with van der Waals surface area (Å²) >= 11 is 0. The average Bonchev–Trinajstić information content (AvgIpc) is 2.31. The summed E-state index contributed by atoms with van der Waals surface area (Å²) in [7, 11) is 0. The summed E-state index contributed by atoms with van der Waals surface area (Å²) in [5.41, 5.74) is 0. The zero-order chi connectivity index (χ0) is 8.43. The highest BCUT2D eigenvalue weighted by Gasteiger charge is 2.37. The second kappa shape index (κ2) is 2.87. The number of hydrogen-bond acceptors (Lipinski definition) is 5. The molecule has 0 aromatic rings. The van der Waals surface area contributed by atoms with Crippen molar-refractivity contribution < 1.29 is 24.2 Å². The highest BCUT2D eigenvalue weighted by atomic mass is 16.8. The van der Waals surface area contributed by atoms with Gasteiger partial charge in [0.2, 0.25) is 0 Å². The molecule has 0 aromatic carbocycles. The molecular weight excluding hydrogens is 152 g/mol. The van der Waals surface area contributed by atoms with Crippen LogP contribution in [0.2, 0.25) is 0 Å². The zero-order valence-corrected chi connectivity index (χ0v) is 5.94. The molecule has 11 heavy (non-hydrogen) atoms. The number of hydrogen-bond donors (Lipinski definition) is 1. The van der Waals surface area contributed by atoms with E-state index in [9.17, 15) is 9.59 Å². The predicted molar refractivity (Wildman–Crippen MR) is 32.3 cm³/mol. The Balaban J connectivity index is 2.53. The maximum atomic E-state index is 10.4. The third-order valence-corrected chi connectivity index (χ3v) is 1.35. The first kappa shape index (κ1) is 8.00. The van der Waals surface area contributed by atoms with Crippen molar-refractivity contribution in [1.82, 2.24) is 0 Å². The van der Waals surface area contributed by atoms with Crippen LogP contribution >= 0.6 is 0 Å². The first-order chi connectivity index (χ1) is 5.15. The normalized spacial score (nSPS) is 21.3. The molecule has 1 aliphatic heterocycles. The van der Waals surface area contributed by atoms with Crippen LogP contribution in [0.1, 0.15) is 13.3 Å². The molecule has 1 atom stereocenters. The third-order valence-electron chi connectivity index (χ3n) is 1.35. The Morgan fingerprint density at radius 3 is 2.27 bits per heavy atom. The van der Waals surface area contributed by atoms with E-state index >= 15 is 0 Å². The van der Waals surface area contributed by atoms with Crippen molar-refractivity contribution in [3.63, 3.8) is 0 Å². The monoisotopic (exact) mass is 160 g/mol. The Hall–Kier alpha value is -1.10. The van der Waals surface area contributed by atoms with Gasteiger partial charge in [-0.3, -0.25) is 0 Å². The molecule has 1 unspecified atom stereocenters. The zero-order valence-electron chi connectivity index (χ0n) is 5.94. The van der Waals surface area contributed by atoms with Crippen LogP contribution in [0.4, 0.5) is 0 Å². The standard InChI is InChI=1S/C6H8O5/c1-2-3(7)6-10-4(8)5(9)11-6/h3,6-7H,2H2,1H3. The fourth-order valence-electron chi connectivity index (χ4n) is 0.681. The van der Waals surface area contributed by atoms with Crippen molar-refractivity contribution in [2.24, 2.45) is 0 Å². The van der Waals surface area contributed by atoms with Gasteiger partial charge in [-0.1, -0.05) is 6.92 Å². The summed E-state index contributed by atoms with van der Waals surface area (Å²) in [5, 5.41) is 9.04. The summed E-state index contributed by atoms with van der Waals surface area (Å²) < 4.78 is 8.73. The van der Waals surface area contributed by atoms with Gasteiger partial charge >= 0.3 is 11.9 Å². The lowest BCUT2D eigenvalue weighted by Gasteiger charge is -2.12. The van der Waals surface area contributed by atoms with Gasteiger partial charge in [-0.2, -0.15) is 0 Å². The van der Waals surface area contributed by atoms with Crippen LogP contribution in [-0.4, -0.2) is 29.4 Å². The van der Waals surface area contributed by atoms with Crippen molar-refractivity contribution >= 4 is 11.9 Å². The van der Waals surface area contributed by atoms with Gasteiger partial charge in [0.1, 0.15) is 6.10 Å². The van der Waals surface area contributed by atoms with Gasteiger partial charge in [0.25, 0.3) is 6.29 Å². The van der Waals surface area contributed by atoms with E-state index in [-0.39, 0.29) is 0 Å². The topological polar surface area (TPSA) is 72.8 Å². The smallest absolute Gasteiger partial charge is 0.414 e. The molecule has 0 radical (unpaired) electrons. The fourth-order valence-corrected chi connectivity index (χ4v) is 0.681. The maximum absolute atomic E-state index is 10.4. The van der Waals surface area contributed by atoms with Crippen molar-refractivity contribution in [3.05, 3.63) is 0 Å². The number of aliphatic hydroxyl groups is 1. The van der Waals surface area contributed by atoms with Crippen molar-refractivity contribution in [2.75, 3.05) is 0 Å². The van der Waals surface area contributed by atoms with Crippen LogP contribution in [0, 0.1) is 0 Å². The molecule has 0 saturated carbocycles. The van der Waals surface area contributed by atoms with Crippen molar-refractivity contribution in [3.8, 4) is 0 Å². The summed E-state index contributed by atoms with van der Waals surface area (Å²) in [4.78, 5) is 20.8. The molecule has 0 aliphatic carbocycles. The number of rotatable bonds is 2. The first-order valence-electron chi connectivity index (χ1n) is 3.24. The molecule has 62 valence electrons. The Morgan fingerprint density at radius 1 is 1.45 bits per heavy atom. The van der Waals surface area contributed by atoms with E-state index in [0.717, 1.165) is 0 Å². The van der Waals surface area contributed by atoms with Gasteiger partial charge in [-0.25, -0.2) is 9.59 Å². The van der Waals surface area contributed by atoms with Crippen LogP contribution in [0.15, 0.2) is 0 Å². The van der Waals surface area contributed by atoms with E-state index in [4.69, 9.17) is 5.11 Å². The van der Waals surface area contributed by atoms with E-state index in [1.807, 2.05) is 0 Å². The van der Waals surface area contributed by atoms with Crippen LogP contribution < -0.4 is 0 Å². The van der Waals surface area contributed by atoms with Crippen molar-refractivity contribution in [2.45, 2.75) is 25.7 Å². The number of esters is 2. The molecule has 1 rings (SSSR count). The van der Waals surface area contributed by atoms with Crippen LogP contribution in [0.3, 0.4) is 0 Å². The van der Waals surface area contributed by atoms with Gasteiger partial charge in [0, 0.05) is 0 Å². The largest absolute Gasteiger partial charge is 0.420 e. The maximum Gasteiger partial charge on any atom is 0.420 e. The first-order valence-corrected chi connectivity index (χ1v) is 3.24. The highest BCUT2D eigenvalue weighted by Crippen LogP contribution is 2.12. The van der Waals surface area contributed by atoms with Crippen LogP contribution in [0.25, 0.3) is 0 Å². The molecular formula is C6H8O5. The predicted octanol–water partition coefficient (Wildman–Crippen LogP) is -0.817. The molecule has 5 heteroatoms. The van der Waals surface area contributed by atoms with E-state index in [2.05, 4.69) is 9.47 Å². The van der Waals surface area contributed by atoms with Gasteiger partial charge in [0.05, 0.1) is 0 Å². The van der Waals surface area contributed by atoms with E-state index in [1.54, 1.807) is 6.92 Å². The molecule has 1 saturated heterocycles. The minimum Gasteiger partial charge on any atom is -0.414 e. The van der Waals surface area contributed by atoms with E-state index in [0.29, 0.717) is 6.42 Å². The number of cyclic esters (lactones) is 2. The number of carbonyl (C=O) groups is 2. The van der Waals surface area contributed by atoms with Crippen LogP contribution in [-0.2, 0) is 19.1 Å². The molecule has 1 aliphatic rings. The summed E-state index contributed by atoms with van der Waals surface area (Å²) in [6.07, 6.45) is -1.67. The molecule has 1 fully saturated rings. The quantitative estimate of drug-likeness (QED) is 0.422. The van der Waals surface area contributed by atoms with Gasteiger partial charge in [0.15, 0.2) is 0 Å². The minimum atomic E-state index is -1.11. The van der Waals surface area contributed by atoms with Crippen LogP contribution in [0.5, 0.6) is 0 Å². The third kappa shape index (κ3) is 1.48. The second-order valence-electron chi connectivity index (χ2n) is 2.15. The Bertz CT molecular complexity index is 171. The summed E-state index contributed by atoms with van der Waals surface area (Å²) in [5.74, 6) is -2.08. The summed E-state index contributed by atoms with van der Waals surface area (Å²) in [6.45, 7) is 1.69. The molecule has 0 bridgehead atoms. The molecule has 0 spiro atoms. The molecule has 0 amide bonds. The average molecular weight is 160 g/mol. The Morgan fingerprint density at radius 2 is 1.91 bits per heavy atom. The Labute approximate surface area is 62.9 Å². The fraction of sp³-hybridized carbons (Fsp3) is 0.667. The lowest BCUT2D eigenvalue weighted by Crippen LogP contribution is -2.26. The van der Waals surface area contributed by atoms with Crippen molar-refractivity contribution in [1.29, 1.82) is 0 Å². The summed E-state index contributed by atoms with van der Waals surface area (Å²) in [6, 6.07) is 0. The van der Waals surface area contributed by atoms with E-state index < -0.39 is 24.3 Å². The van der Waals surface area contributed by atoms with Gasteiger partial charge in [-0.15, -0.1) is 0 Å². The van der Waals surface area contributed by atoms with Gasteiger partial charge in [-0.05, 0) is 6.42 Å². The van der Waals surface area contributed by atoms with E-state index in [1.165, 1.54) is 0 Å². The van der Waals surface area contributed by atoms with Gasteiger partial charge < -0.3 is 14.6 Å². The highest BCUT2D eigenvalue weighted by molar-refractivity contribution is 6.30. The molecule has 1 heterocycles. The molecule has 5 nitrogen and oxygen atoms in total. The Kier molecular flexibility index (Phi) is 2.09. The minimum absolute atomic E-state index is 0.366. The number of aliphatic hydroxyl groups excluding tert-OH is 1. The number of carbonyl (C=O) groups excluding carboxylic acids is 2. The second-order valence-corrected chi connectivity index (χ2v) is 2.15. The number of ether oxygens (including phenoxy) is 2. The lowest BCUT2D eigenvalue weighted by molar-refractivity contribution is -0.157.